The summed E-state index contributed by atoms with van der Waals surface area (Å²) >= 11 is 6.32. The van der Waals surface area contributed by atoms with Crippen molar-refractivity contribution >= 4 is 28.5 Å². The van der Waals surface area contributed by atoms with Gasteiger partial charge in [-0.3, -0.25) is 14.6 Å². The molecule has 3 heterocycles. The third-order valence-corrected chi connectivity index (χ3v) is 6.53. The Bertz CT molecular complexity index is 1500. The highest BCUT2D eigenvalue weighted by Crippen LogP contribution is 2.42. The van der Waals surface area contributed by atoms with Gasteiger partial charge in [0.1, 0.15) is 5.58 Å². The van der Waals surface area contributed by atoms with Crippen LogP contribution < -0.4 is 14.9 Å². The number of hydrogen-bond acceptors (Lipinski definition) is 6. The Morgan fingerprint density at radius 3 is 2.69 bits per heavy atom. The van der Waals surface area contributed by atoms with E-state index in [1.54, 1.807) is 54.7 Å². The van der Waals surface area contributed by atoms with Crippen LogP contribution >= 0.6 is 11.6 Å². The molecule has 0 fully saturated rings. The fourth-order valence-corrected chi connectivity index (χ4v) is 4.63. The highest BCUT2D eigenvalue weighted by atomic mass is 35.5. The van der Waals surface area contributed by atoms with Crippen LogP contribution in [0.15, 0.2) is 64.1 Å². The predicted molar refractivity (Wildman–Crippen MR) is 132 cm³/mol. The van der Waals surface area contributed by atoms with Gasteiger partial charge in [-0.05, 0) is 60.9 Å². The zero-order chi connectivity index (χ0) is 24.7. The third kappa shape index (κ3) is 3.91. The number of nitrogens with zero attached hydrogens (tertiary/aromatic N) is 2. The fourth-order valence-electron chi connectivity index (χ4n) is 4.47. The number of rotatable bonds is 6. The molecule has 0 saturated heterocycles. The second kappa shape index (κ2) is 9.07. The smallest absolute Gasteiger partial charge is 0.291 e. The number of carbonyl (C=O) groups excluding carboxylic acids is 1. The van der Waals surface area contributed by atoms with Crippen molar-refractivity contribution in [2.45, 2.75) is 26.4 Å². The van der Waals surface area contributed by atoms with Gasteiger partial charge in [0.15, 0.2) is 16.9 Å². The summed E-state index contributed by atoms with van der Waals surface area (Å²) in [6, 6.07) is 11.7. The molecule has 5 rings (SSSR count). The van der Waals surface area contributed by atoms with Gasteiger partial charge in [-0.2, -0.15) is 0 Å². The van der Waals surface area contributed by atoms with E-state index in [2.05, 4.69) is 4.98 Å². The number of ether oxygens (including phenoxy) is 2. The van der Waals surface area contributed by atoms with Crippen molar-refractivity contribution in [2.24, 2.45) is 0 Å². The number of pyridine rings is 1. The average Bonchev–Trinajstić information content (AvgIpc) is 3.13. The summed E-state index contributed by atoms with van der Waals surface area (Å²) in [7, 11) is 1.55. The molecule has 0 radical (unpaired) electrons. The average molecular weight is 491 g/mol. The van der Waals surface area contributed by atoms with E-state index in [0.29, 0.717) is 39.7 Å². The van der Waals surface area contributed by atoms with Crippen LogP contribution in [0.5, 0.6) is 11.5 Å². The second-order valence-electron chi connectivity index (χ2n) is 8.31. The van der Waals surface area contributed by atoms with Crippen LogP contribution in [0.2, 0.25) is 5.02 Å². The summed E-state index contributed by atoms with van der Waals surface area (Å²) in [6.07, 6.45) is 3.36. The van der Waals surface area contributed by atoms with E-state index in [0.717, 1.165) is 11.1 Å². The first kappa shape index (κ1) is 22.9. The molecule has 4 aromatic rings. The van der Waals surface area contributed by atoms with Crippen molar-refractivity contribution in [3.05, 3.63) is 98.1 Å². The summed E-state index contributed by atoms with van der Waals surface area (Å²) in [5.41, 5.74) is 2.60. The first-order chi connectivity index (χ1) is 16.9. The Morgan fingerprint density at radius 1 is 1.14 bits per heavy atom. The molecule has 0 unspecified atom stereocenters. The molecular formula is C27H23ClN2O5. The summed E-state index contributed by atoms with van der Waals surface area (Å²) in [6.45, 7) is 4.43. The van der Waals surface area contributed by atoms with Gasteiger partial charge in [0.2, 0.25) is 5.76 Å². The zero-order valence-electron chi connectivity index (χ0n) is 19.5. The van der Waals surface area contributed by atoms with E-state index in [4.69, 9.17) is 25.5 Å². The highest BCUT2D eigenvalue weighted by Gasteiger charge is 2.43. The number of aryl methyl sites for hydroxylation is 1. The van der Waals surface area contributed by atoms with Gasteiger partial charge in [0, 0.05) is 24.0 Å². The van der Waals surface area contributed by atoms with Crippen LogP contribution in [0.3, 0.4) is 0 Å². The van der Waals surface area contributed by atoms with Crippen LogP contribution in [0, 0.1) is 6.92 Å². The SMILES string of the molecule is CCOc1ccc([C@@H]2c3c(oc4cc(C)c(Cl)cc4c3=O)C(=O)N2Cc2cccnc2)cc1OC. The Kier molecular flexibility index (Phi) is 5.94. The van der Waals surface area contributed by atoms with Gasteiger partial charge in [-0.25, -0.2) is 0 Å². The second-order valence-corrected chi connectivity index (χ2v) is 8.72. The Morgan fingerprint density at radius 2 is 1.97 bits per heavy atom. The molecule has 1 atom stereocenters. The van der Waals surface area contributed by atoms with Crippen molar-refractivity contribution in [2.75, 3.05) is 13.7 Å². The topological polar surface area (TPSA) is 81.9 Å². The molecule has 1 amide bonds. The van der Waals surface area contributed by atoms with Gasteiger partial charge >= 0.3 is 0 Å². The van der Waals surface area contributed by atoms with E-state index in [1.165, 1.54) is 0 Å². The van der Waals surface area contributed by atoms with Gasteiger partial charge in [0.05, 0.1) is 30.7 Å². The summed E-state index contributed by atoms with van der Waals surface area (Å²) in [5.74, 6) is 0.754. The largest absolute Gasteiger partial charge is 0.493 e. The number of halogens is 1. The molecule has 2 aromatic heterocycles. The lowest BCUT2D eigenvalue weighted by atomic mass is 9.97. The van der Waals surface area contributed by atoms with Crippen LogP contribution in [0.4, 0.5) is 0 Å². The third-order valence-electron chi connectivity index (χ3n) is 6.13. The van der Waals surface area contributed by atoms with E-state index in [-0.39, 0.29) is 29.2 Å². The minimum atomic E-state index is -0.692. The number of benzene rings is 2. The standard InChI is InChI=1S/C27H23ClN2O5/c1-4-34-20-8-7-17(11-22(20)33-3)24-23-25(31)18-12-19(28)15(2)10-21(18)35-26(23)27(32)30(24)14-16-6-5-9-29-13-16/h5-13,24H,4,14H2,1-3H3/t24-/m1/s1. The lowest BCUT2D eigenvalue weighted by Gasteiger charge is -2.25. The summed E-state index contributed by atoms with van der Waals surface area (Å²) in [4.78, 5) is 33.2. The van der Waals surface area contributed by atoms with Crippen LogP contribution in [0.1, 0.15) is 45.8 Å². The van der Waals surface area contributed by atoms with E-state index in [1.807, 2.05) is 26.0 Å². The molecule has 0 N–H and O–H groups in total. The monoisotopic (exact) mass is 490 g/mol. The maximum absolute atomic E-state index is 13.8. The quantitative estimate of drug-likeness (QED) is 0.364. The van der Waals surface area contributed by atoms with E-state index >= 15 is 0 Å². The molecule has 1 aliphatic heterocycles. The number of fused-ring (bicyclic) bond motifs is 2. The number of amides is 1. The van der Waals surface area contributed by atoms with E-state index < -0.39 is 6.04 Å². The lowest BCUT2D eigenvalue weighted by molar-refractivity contribution is 0.0714. The molecule has 1 aliphatic rings. The maximum Gasteiger partial charge on any atom is 0.291 e. The summed E-state index contributed by atoms with van der Waals surface area (Å²) < 4.78 is 17.2. The van der Waals surface area contributed by atoms with Crippen LogP contribution in [-0.4, -0.2) is 29.5 Å². The molecule has 178 valence electrons. The molecule has 0 saturated carbocycles. The molecule has 8 heteroatoms. The Balaban J connectivity index is 1.73. The minimum Gasteiger partial charge on any atom is -0.493 e. The molecule has 0 bridgehead atoms. The Labute approximate surface area is 206 Å². The van der Waals surface area contributed by atoms with Gasteiger partial charge in [-0.1, -0.05) is 23.7 Å². The lowest BCUT2D eigenvalue weighted by Crippen LogP contribution is -2.29. The number of methoxy groups -OCH3 is 1. The first-order valence-corrected chi connectivity index (χ1v) is 11.6. The molecular weight excluding hydrogens is 468 g/mol. The molecule has 2 aromatic carbocycles. The zero-order valence-corrected chi connectivity index (χ0v) is 20.3. The molecule has 35 heavy (non-hydrogen) atoms. The maximum atomic E-state index is 13.8. The van der Waals surface area contributed by atoms with Crippen molar-refractivity contribution in [3.63, 3.8) is 0 Å². The Hall–Kier alpha value is -3.84. The minimum absolute atomic E-state index is 0.0333. The van der Waals surface area contributed by atoms with Crippen LogP contribution in [-0.2, 0) is 6.54 Å². The van der Waals surface area contributed by atoms with Crippen molar-refractivity contribution in [1.82, 2.24) is 9.88 Å². The fraction of sp³-hybridized carbons (Fsp3) is 0.222. The number of hydrogen-bond donors (Lipinski definition) is 0. The number of carbonyl (C=O) groups is 1. The van der Waals surface area contributed by atoms with Crippen molar-refractivity contribution < 1.29 is 18.7 Å². The van der Waals surface area contributed by atoms with Crippen molar-refractivity contribution in [3.8, 4) is 11.5 Å². The van der Waals surface area contributed by atoms with Crippen LogP contribution in [0.25, 0.3) is 11.0 Å². The highest BCUT2D eigenvalue weighted by molar-refractivity contribution is 6.32. The van der Waals surface area contributed by atoms with E-state index in [9.17, 15) is 9.59 Å². The number of aromatic nitrogens is 1. The van der Waals surface area contributed by atoms with Gasteiger partial charge in [-0.15, -0.1) is 0 Å². The van der Waals surface area contributed by atoms with Gasteiger partial charge in [0.25, 0.3) is 5.91 Å². The summed E-state index contributed by atoms with van der Waals surface area (Å²) in [5, 5.41) is 0.791. The normalized spacial score (nSPS) is 14.9. The first-order valence-electron chi connectivity index (χ1n) is 11.2. The molecule has 0 aliphatic carbocycles. The molecule has 0 spiro atoms. The van der Waals surface area contributed by atoms with Crippen molar-refractivity contribution in [1.29, 1.82) is 0 Å². The predicted octanol–water partition coefficient (Wildman–Crippen LogP) is 5.30. The van der Waals surface area contributed by atoms with Gasteiger partial charge < -0.3 is 18.8 Å². The molecule has 7 nitrogen and oxygen atoms in total.